The number of nitrogens with two attached hydrogens (primary N) is 1. The Morgan fingerprint density at radius 1 is 1.82 bits per heavy atom. The highest BCUT2D eigenvalue weighted by atomic mass is 79.9. The molecule has 0 bridgehead atoms. The summed E-state index contributed by atoms with van der Waals surface area (Å²) in [5.74, 6) is 0. The zero-order valence-electron chi connectivity index (χ0n) is 6.71. The molecule has 1 atom stereocenters. The molecule has 0 saturated carbocycles. The van der Waals surface area contributed by atoms with E-state index in [-0.39, 0.29) is 6.04 Å². The third-order valence-corrected chi connectivity index (χ3v) is 2.19. The van der Waals surface area contributed by atoms with Gasteiger partial charge in [0, 0.05) is 19.5 Å². The highest BCUT2D eigenvalue weighted by molar-refractivity contribution is 9.10. The van der Waals surface area contributed by atoms with E-state index >= 15 is 0 Å². The summed E-state index contributed by atoms with van der Waals surface area (Å²) in [6.45, 7) is 1.99. The van der Waals surface area contributed by atoms with Crippen LogP contribution in [-0.2, 0) is 13.5 Å². The van der Waals surface area contributed by atoms with Crippen LogP contribution in [0.15, 0.2) is 10.9 Å². The fraction of sp³-hybridized carbons (Fsp3) is 0.571. The van der Waals surface area contributed by atoms with Crippen molar-refractivity contribution < 1.29 is 0 Å². The Balaban J connectivity index is 2.83. The predicted molar refractivity (Wildman–Crippen MR) is 48.3 cm³/mol. The first-order valence-electron chi connectivity index (χ1n) is 3.52. The van der Waals surface area contributed by atoms with Crippen molar-refractivity contribution in [3.8, 4) is 0 Å². The monoisotopic (exact) mass is 217 g/mol. The SMILES string of the molecule is CC(N)Cc1c(Br)ncn1C. The second-order valence-corrected chi connectivity index (χ2v) is 3.53. The van der Waals surface area contributed by atoms with E-state index in [1.54, 1.807) is 6.33 Å². The van der Waals surface area contributed by atoms with Crippen molar-refractivity contribution in [2.75, 3.05) is 0 Å². The Kier molecular flexibility index (Phi) is 2.67. The standard InChI is InChI=1S/C7H12BrN3/c1-5(9)3-6-7(8)10-4-11(6)2/h4-5H,3,9H2,1-2H3. The van der Waals surface area contributed by atoms with Crippen LogP contribution in [0.3, 0.4) is 0 Å². The minimum absolute atomic E-state index is 0.182. The molecule has 2 N–H and O–H groups in total. The molecule has 0 saturated heterocycles. The van der Waals surface area contributed by atoms with E-state index in [0.717, 1.165) is 16.7 Å². The quantitative estimate of drug-likeness (QED) is 0.806. The Morgan fingerprint density at radius 3 is 2.82 bits per heavy atom. The topological polar surface area (TPSA) is 43.8 Å². The molecule has 0 spiro atoms. The molecule has 11 heavy (non-hydrogen) atoms. The van der Waals surface area contributed by atoms with Gasteiger partial charge in [0.2, 0.25) is 0 Å². The predicted octanol–water partition coefficient (Wildman–Crippen LogP) is 1.07. The Bertz CT molecular complexity index is 222. The first-order valence-corrected chi connectivity index (χ1v) is 4.32. The van der Waals surface area contributed by atoms with Gasteiger partial charge in [-0.3, -0.25) is 0 Å². The zero-order valence-corrected chi connectivity index (χ0v) is 8.30. The van der Waals surface area contributed by atoms with Crippen LogP contribution in [0.5, 0.6) is 0 Å². The molecule has 1 unspecified atom stereocenters. The number of aromatic nitrogens is 2. The number of rotatable bonds is 2. The van der Waals surface area contributed by atoms with Gasteiger partial charge in [0.25, 0.3) is 0 Å². The molecular weight excluding hydrogens is 206 g/mol. The highest BCUT2D eigenvalue weighted by Crippen LogP contribution is 2.14. The number of aryl methyl sites for hydroxylation is 1. The van der Waals surface area contributed by atoms with Crippen molar-refractivity contribution in [2.45, 2.75) is 19.4 Å². The number of nitrogens with zero attached hydrogens (tertiary/aromatic N) is 2. The average molecular weight is 218 g/mol. The van der Waals surface area contributed by atoms with Crippen LogP contribution >= 0.6 is 15.9 Å². The van der Waals surface area contributed by atoms with E-state index in [4.69, 9.17) is 5.73 Å². The fourth-order valence-electron chi connectivity index (χ4n) is 0.960. The van der Waals surface area contributed by atoms with Crippen LogP contribution in [0, 0.1) is 0 Å². The first kappa shape index (κ1) is 8.74. The number of hydrogen-bond acceptors (Lipinski definition) is 2. The molecule has 1 aromatic heterocycles. The van der Waals surface area contributed by atoms with Gasteiger partial charge in [0.05, 0.1) is 12.0 Å². The lowest BCUT2D eigenvalue weighted by Crippen LogP contribution is -2.19. The maximum atomic E-state index is 5.66. The smallest absolute Gasteiger partial charge is 0.127 e. The van der Waals surface area contributed by atoms with Gasteiger partial charge in [0.15, 0.2) is 0 Å². The molecule has 0 radical (unpaired) electrons. The van der Waals surface area contributed by atoms with Gasteiger partial charge in [-0.15, -0.1) is 0 Å². The van der Waals surface area contributed by atoms with Crippen molar-refractivity contribution in [2.24, 2.45) is 12.8 Å². The summed E-state index contributed by atoms with van der Waals surface area (Å²) in [6.07, 6.45) is 2.64. The maximum Gasteiger partial charge on any atom is 0.127 e. The van der Waals surface area contributed by atoms with E-state index < -0.39 is 0 Å². The van der Waals surface area contributed by atoms with Gasteiger partial charge in [-0.25, -0.2) is 4.98 Å². The van der Waals surface area contributed by atoms with Gasteiger partial charge in [-0.1, -0.05) is 0 Å². The van der Waals surface area contributed by atoms with E-state index in [0.29, 0.717) is 0 Å². The van der Waals surface area contributed by atoms with Crippen LogP contribution < -0.4 is 5.73 Å². The van der Waals surface area contributed by atoms with Crippen LogP contribution in [0.4, 0.5) is 0 Å². The van der Waals surface area contributed by atoms with Gasteiger partial charge in [-0.05, 0) is 22.9 Å². The summed E-state index contributed by atoms with van der Waals surface area (Å²) in [5.41, 5.74) is 6.81. The molecule has 1 heterocycles. The molecule has 0 fully saturated rings. The van der Waals surface area contributed by atoms with Crippen molar-refractivity contribution in [1.82, 2.24) is 9.55 Å². The second kappa shape index (κ2) is 3.36. The van der Waals surface area contributed by atoms with Crippen molar-refractivity contribution in [3.63, 3.8) is 0 Å². The number of imidazole rings is 1. The van der Waals surface area contributed by atoms with Crippen molar-refractivity contribution in [1.29, 1.82) is 0 Å². The molecule has 0 aromatic carbocycles. The lowest BCUT2D eigenvalue weighted by atomic mass is 10.2. The van der Waals surface area contributed by atoms with Crippen LogP contribution in [0.25, 0.3) is 0 Å². The average Bonchev–Trinajstić information content (AvgIpc) is 2.18. The molecule has 0 aliphatic heterocycles. The summed E-state index contributed by atoms with van der Waals surface area (Å²) >= 11 is 3.36. The molecule has 4 heteroatoms. The minimum atomic E-state index is 0.182. The maximum absolute atomic E-state index is 5.66. The molecule has 3 nitrogen and oxygen atoms in total. The number of halogens is 1. The van der Waals surface area contributed by atoms with Crippen LogP contribution in [0.2, 0.25) is 0 Å². The molecular formula is C7H12BrN3. The van der Waals surface area contributed by atoms with Crippen LogP contribution in [-0.4, -0.2) is 15.6 Å². The van der Waals surface area contributed by atoms with E-state index in [9.17, 15) is 0 Å². The zero-order chi connectivity index (χ0) is 8.43. The molecule has 1 rings (SSSR count). The Morgan fingerprint density at radius 2 is 2.45 bits per heavy atom. The molecule has 62 valence electrons. The normalized spacial score (nSPS) is 13.5. The highest BCUT2D eigenvalue weighted by Gasteiger charge is 2.07. The summed E-state index contributed by atoms with van der Waals surface area (Å²) in [7, 11) is 1.97. The van der Waals surface area contributed by atoms with Crippen LogP contribution in [0.1, 0.15) is 12.6 Å². The Hall–Kier alpha value is -0.350. The molecule has 0 aliphatic carbocycles. The summed E-state index contributed by atoms with van der Waals surface area (Å²) in [4.78, 5) is 4.09. The lowest BCUT2D eigenvalue weighted by molar-refractivity contribution is 0.688. The van der Waals surface area contributed by atoms with Gasteiger partial charge < -0.3 is 10.3 Å². The fourth-order valence-corrected chi connectivity index (χ4v) is 1.49. The van der Waals surface area contributed by atoms with Gasteiger partial charge in [-0.2, -0.15) is 0 Å². The second-order valence-electron chi connectivity index (χ2n) is 2.77. The minimum Gasteiger partial charge on any atom is -0.337 e. The third-order valence-electron chi connectivity index (χ3n) is 1.52. The molecule has 1 aromatic rings. The molecule has 0 amide bonds. The van der Waals surface area contributed by atoms with E-state index in [1.165, 1.54) is 0 Å². The van der Waals surface area contributed by atoms with E-state index in [1.807, 2.05) is 18.5 Å². The Labute approximate surface area is 74.7 Å². The van der Waals surface area contributed by atoms with Gasteiger partial charge >= 0.3 is 0 Å². The largest absolute Gasteiger partial charge is 0.337 e. The van der Waals surface area contributed by atoms with Crippen molar-refractivity contribution in [3.05, 3.63) is 16.6 Å². The van der Waals surface area contributed by atoms with Gasteiger partial charge in [0.1, 0.15) is 4.60 Å². The third kappa shape index (κ3) is 2.04. The lowest BCUT2D eigenvalue weighted by Gasteiger charge is -2.05. The molecule has 0 aliphatic rings. The summed E-state index contributed by atoms with van der Waals surface area (Å²) in [6, 6.07) is 0.182. The van der Waals surface area contributed by atoms with Crippen molar-refractivity contribution >= 4 is 15.9 Å². The first-order chi connectivity index (χ1) is 5.11. The number of hydrogen-bond donors (Lipinski definition) is 1. The van der Waals surface area contributed by atoms with E-state index in [2.05, 4.69) is 20.9 Å². The summed E-state index contributed by atoms with van der Waals surface area (Å²) < 4.78 is 2.88. The summed E-state index contributed by atoms with van der Waals surface area (Å²) in [5, 5.41) is 0.